The number of nitrogens with two attached hydrogens (primary N) is 1. The van der Waals surface area contributed by atoms with Crippen molar-refractivity contribution in [1.29, 1.82) is 0 Å². The molecule has 0 aliphatic carbocycles. The number of carboxylic acids is 2. The van der Waals surface area contributed by atoms with Crippen molar-refractivity contribution >= 4 is 17.8 Å². The molecule has 0 aromatic heterocycles. The Hall–Kier alpha value is -2.37. The lowest BCUT2D eigenvalue weighted by Crippen LogP contribution is -2.04. The lowest BCUT2D eigenvalue weighted by molar-refractivity contribution is -0.133. The summed E-state index contributed by atoms with van der Waals surface area (Å²) < 4.78 is 0. The summed E-state index contributed by atoms with van der Waals surface area (Å²) in [5.74, 6) is -2.35. The predicted molar refractivity (Wildman–Crippen MR) is 64.3 cm³/mol. The van der Waals surface area contributed by atoms with Crippen LogP contribution in [-0.4, -0.2) is 28.1 Å². The van der Waals surface area contributed by atoms with Crippen LogP contribution in [0.1, 0.15) is 13.8 Å². The second kappa shape index (κ2) is 11.7. The fourth-order valence-corrected chi connectivity index (χ4v) is 0. The van der Waals surface area contributed by atoms with Crippen molar-refractivity contribution in [3.63, 3.8) is 0 Å². The Morgan fingerprint density at radius 3 is 1.12 bits per heavy atom. The van der Waals surface area contributed by atoms with Crippen LogP contribution in [0.25, 0.3) is 0 Å². The number of primary amides is 1. The Kier molecular flexibility index (Phi) is 13.8. The molecule has 0 radical (unpaired) electrons. The standard InChI is InChI=1S/2C4H6O2.C3H5NO/c2*1-3(2)4(5)6;1-2-3(4)5/h2*1H2,2H3,(H,5,6);2H,1H2,(H2,4,5). The zero-order valence-corrected chi connectivity index (χ0v) is 9.90. The molecule has 0 heterocycles. The Morgan fingerprint density at radius 1 is 1.00 bits per heavy atom. The van der Waals surface area contributed by atoms with Crippen molar-refractivity contribution in [3.05, 3.63) is 37.0 Å². The third-order valence-electron chi connectivity index (χ3n) is 0.931. The lowest BCUT2D eigenvalue weighted by atomic mass is 10.4. The van der Waals surface area contributed by atoms with E-state index in [9.17, 15) is 14.4 Å². The molecular formula is C11H17NO5. The van der Waals surface area contributed by atoms with Gasteiger partial charge in [-0.15, -0.1) is 0 Å². The summed E-state index contributed by atoms with van der Waals surface area (Å²) in [4.78, 5) is 28.7. The van der Waals surface area contributed by atoms with Gasteiger partial charge in [-0.1, -0.05) is 19.7 Å². The van der Waals surface area contributed by atoms with Crippen molar-refractivity contribution in [2.45, 2.75) is 13.8 Å². The molecule has 4 N–H and O–H groups in total. The molecule has 0 unspecified atom stereocenters. The molecule has 17 heavy (non-hydrogen) atoms. The maximum absolute atomic E-state index is 9.60. The maximum Gasteiger partial charge on any atom is 0.330 e. The van der Waals surface area contributed by atoms with E-state index in [1.165, 1.54) is 13.8 Å². The zero-order chi connectivity index (χ0) is 14.6. The molecule has 0 fully saturated rings. The molecular weight excluding hydrogens is 226 g/mol. The van der Waals surface area contributed by atoms with E-state index >= 15 is 0 Å². The predicted octanol–water partition coefficient (Wildman–Crippen LogP) is 0.952. The smallest absolute Gasteiger partial charge is 0.330 e. The van der Waals surface area contributed by atoms with Gasteiger partial charge in [0.2, 0.25) is 5.91 Å². The quantitative estimate of drug-likeness (QED) is 0.638. The summed E-state index contributed by atoms with van der Waals surface area (Å²) in [6.45, 7) is 12.3. The van der Waals surface area contributed by atoms with Crippen LogP contribution in [0, 0.1) is 0 Å². The van der Waals surface area contributed by atoms with Crippen LogP contribution in [0.15, 0.2) is 37.0 Å². The second-order valence-electron chi connectivity index (χ2n) is 2.78. The van der Waals surface area contributed by atoms with E-state index in [1.807, 2.05) is 0 Å². The van der Waals surface area contributed by atoms with Crippen molar-refractivity contribution in [3.8, 4) is 0 Å². The molecule has 0 rings (SSSR count). The van der Waals surface area contributed by atoms with Gasteiger partial charge in [0.25, 0.3) is 0 Å². The molecule has 96 valence electrons. The van der Waals surface area contributed by atoms with Gasteiger partial charge >= 0.3 is 11.9 Å². The number of hydrogen-bond donors (Lipinski definition) is 3. The fourth-order valence-electron chi connectivity index (χ4n) is 0. The van der Waals surface area contributed by atoms with Gasteiger partial charge in [-0.2, -0.15) is 0 Å². The molecule has 0 saturated carbocycles. The molecule has 0 aromatic rings. The molecule has 0 saturated heterocycles. The largest absolute Gasteiger partial charge is 0.478 e. The van der Waals surface area contributed by atoms with Crippen LogP contribution in [0.4, 0.5) is 0 Å². The first-order valence-corrected chi connectivity index (χ1v) is 4.25. The van der Waals surface area contributed by atoms with Gasteiger partial charge in [-0.05, 0) is 19.9 Å². The number of aliphatic carboxylic acids is 2. The minimum atomic E-state index is -0.935. The summed E-state index contributed by atoms with van der Waals surface area (Å²) in [6, 6.07) is 0. The van der Waals surface area contributed by atoms with Crippen LogP contribution in [0.5, 0.6) is 0 Å². The number of carbonyl (C=O) groups is 3. The third kappa shape index (κ3) is 31.7. The maximum atomic E-state index is 9.60. The Morgan fingerprint density at radius 2 is 1.12 bits per heavy atom. The highest BCUT2D eigenvalue weighted by molar-refractivity contribution is 5.85. The molecule has 6 nitrogen and oxygen atoms in total. The van der Waals surface area contributed by atoms with Crippen LogP contribution >= 0.6 is 0 Å². The van der Waals surface area contributed by atoms with E-state index in [0.29, 0.717) is 0 Å². The first-order valence-electron chi connectivity index (χ1n) is 4.25. The third-order valence-corrected chi connectivity index (χ3v) is 0.931. The van der Waals surface area contributed by atoms with Gasteiger partial charge in [0, 0.05) is 11.1 Å². The average molecular weight is 243 g/mol. The van der Waals surface area contributed by atoms with E-state index in [0.717, 1.165) is 6.08 Å². The normalized spacial score (nSPS) is 7.18. The zero-order valence-electron chi connectivity index (χ0n) is 9.90. The van der Waals surface area contributed by atoms with Gasteiger partial charge in [0.05, 0.1) is 0 Å². The van der Waals surface area contributed by atoms with Crippen LogP contribution < -0.4 is 5.73 Å². The number of rotatable bonds is 3. The first kappa shape index (κ1) is 20.1. The van der Waals surface area contributed by atoms with E-state index in [1.54, 1.807) is 0 Å². The molecule has 1 amide bonds. The number of amides is 1. The Bertz CT molecular complexity index is 283. The van der Waals surface area contributed by atoms with E-state index in [4.69, 9.17) is 10.2 Å². The lowest BCUT2D eigenvalue weighted by Gasteiger charge is -1.79. The van der Waals surface area contributed by atoms with Crippen molar-refractivity contribution in [2.75, 3.05) is 0 Å². The molecule has 0 aliphatic rings. The van der Waals surface area contributed by atoms with Crippen molar-refractivity contribution in [1.82, 2.24) is 0 Å². The van der Waals surface area contributed by atoms with Gasteiger partial charge < -0.3 is 15.9 Å². The van der Waals surface area contributed by atoms with Gasteiger partial charge in [-0.25, -0.2) is 9.59 Å². The van der Waals surface area contributed by atoms with Crippen molar-refractivity contribution < 1.29 is 24.6 Å². The highest BCUT2D eigenvalue weighted by Crippen LogP contribution is 1.81. The monoisotopic (exact) mass is 243 g/mol. The van der Waals surface area contributed by atoms with Gasteiger partial charge in [0.15, 0.2) is 0 Å². The SMILES string of the molecule is C=C(C)C(=O)O.C=C(C)C(=O)O.C=CC(N)=O. The van der Waals surface area contributed by atoms with Crippen LogP contribution in [-0.2, 0) is 14.4 Å². The summed E-state index contributed by atoms with van der Waals surface area (Å²) in [6.07, 6.45) is 1.06. The molecule has 0 spiro atoms. The Labute approximate surface area is 99.7 Å². The van der Waals surface area contributed by atoms with Crippen LogP contribution in [0.2, 0.25) is 0 Å². The summed E-state index contributed by atoms with van der Waals surface area (Å²) in [5.41, 5.74) is 4.89. The van der Waals surface area contributed by atoms with E-state index < -0.39 is 17.8 Å². The van der Waals surface area contributed by atoms with Crippen molar-refractivity contribution in [2.24, 2.45) is 5.73 Å². The van der Waals surface area contributed by atoms with Gasteiger partial charge in [-0.3, -0.25) is 4.79 Å². The van der Waals surface area contributed by atoms with E-state index in [2.05, 4.69) is 25.5 Å². The minimum absolute atomic E-state index is 0.176. The molecule has 0 aliphatic heterocycles. The molecule has 0 bridgehead atoms. The number of carbonyl (C=O) groups excluding carboxylic acids is 1. The Balaban J connectivity index is -0.000000174. The average Bonchev–Trinajstić information content (AvgIpc) is 2.19. The topological polar surface area (TPSA) is 118 Å². The van der Waals surface area contributed by atoms with Crippen LogP contribution in [0.3, 0.4) is 0 Å². The van der Waals surface area contributed by atoms with Gasteiger partial charge in [0.1, 0.15) is 0 Å². The molecule has 6 heteroatoms. The number of carboxylic acid groups (broad SMARTS) is 2. The summed E-state index contributed by atoms with van der Waals surface area (Å²) in [7, 11) is 0. The highest BCUT2D eigenvalue weighted by Gasteiger charge is 1.90. The number of hydrogen-bond acceptors (Lipinski definition) is 3. The molecule has 0 aromatic carbocycles. The highest BCUT2D eigenvalue weighted by atomic mass is 16.4. The van der Waals surface area contributed by atoms with E-state index in [-0.39, 0.29) is 11.1 Å². The summed E-state index contributed by atoms with van der Waals surface area (Å²) >= 11 is 0. The first-order chi connectivity index (χ1) is 7.56. The molecule has 0 atom stereocenters. The fraction of sp³-hybridized carbons (Fsp3) is 0.182. The second-order valence-corrected chi connectivity index (χ2v) is 2.78. The minimum Gasteiger partial charge on any atom is -0.478 e. The summed E-state index contributed by atoms with van der Waals surface area (Å²) in [5, 5.41) is 15.8.